The molecule has 124 valence electrons. The Labute approximate surface area is 149 Å². The van der Waals surface area contributed by atoms with Crippen molar-refractivity contribution in [2.24, 2.45) is 0 Å². The van der Waals surface area contributed by atoms with Crippen molar-refractivity contribution in [3.63, 3.8) is 0 Å². The smallest absolute Gasteiger partial charge is 0.251 e. The summed E-state index contributed by atoms with van der Waals surface area (Å²) in [6.07, 6.45) is 5.60. The lowest BCUT2D eigenvalue weighted by Gasteiger charge is -2.28. The summed E-state index contributed by atoms with van der Waals surface area (Å²) in [5.41, 5.74) is 1.84. The van der Waals surface area contributed by atoms with E-state index >= 15 is 0 Å². The number of hydrogen-bond donors (Lipinski definition) is 1. The number of rotatable bonds is 4. The number of nitriles is 1. The Balaban J connectivity index is 1.49. The van der Waals surface area contributed by atoms with Crippen molar-refractivity contribution in [1.29, 1.82) is 5.26 Å². The van der Waals surface area contributed by atoms with Gasteiger partial charge in [0.05, 0.1) is 0 Å². The van der Waals surface area contributed by atoms with Gasteiger partial charge in [0, 0.05) is 34.1 Å². The van der Waals surface area contributed by atoms with Gasteiger partial charge in [-0.15, -0.1) is 11.3 Å². The number of aromatic nitrogens is 2. The zero-order valence-electron chi connectivity index (χ0n) is 13.4. The Bertz CT molecular complexity index is 760. The average molecular weight is 358 g/mol. The summed E-state index contributed by atoms with van der Waals surface area (Å²) < 4.78 is 1.14. The van der Waals surface area contributed by atoms with E-state index in [1.54, 1.807) is 17.4 Å². The predicted octanol–water partition coefficient (Wildman–Crippen LogP) is 3.55. The average Bonchev–Trinajstić information content (AvgIpc) is 3.01. The van der Waals surface area contributed by atoms with Gasteiger partial charge < -0.3 is 5.32 Å². The summed E-state index contributed by atoms with van der Waals surface area (Å²) in [7, 11) is 0. The molecule has 0 atom stereocenters. The molecule has 2 aromatic heterocycles. The van der Waals surface area contributed by atoms with Gasteiger partial charge in [0.15, 0.2) is 0 Å². The van der Waals surface area contributed by atoms with Crippen LogP contribution in [0.2, 0.25) is 0 Å². The number of amides is 1. The SMILES string of the molecule is Cc1csc(SC2CCC(NC(=O)c3ccnc(C#N)c3)CC2)n1. The highest BCUT2D eigenvalue weighted by Crippen LogP contribution is 2.35. The molecule has 0 aromatic carbocycles. The van der Waals surface area contributed by atoms with Crippen molar-refractivity contribution >= 4 is 29.0 Å². The first-order valence-corrected chi connectivity index (χ1v) is 9.66. The molecule has 0 aliphatic heterocycles. The molecule has 3 rings (SSSR count). The summed E-state index contributed by atoms with van der Waals surface area (Å²) in [5.74, 6) is -0.124. The van der Waals surface area contributed by atoms with Gasteiger partial charge in [-0.3, -0.25) is 4.79 Å². The standard InChI is InChI=1S/C17H18N4OS2/c1-11-10-23-17(20-11)24-15-4-2-13(3-5-15)21-16(22)12-6-7-19-14(8-12)9-18/h6-8,10,13,15H,2-5H2,1H3,(H,21,22). The first-order chi connectivity index (χ1) is 11.6. The monoisotopic (exact) mass is 358 g/mol. The third kappa shape index (κ3) is 4.34. The number of hydrogen-bond acceptors (Lipinski definition) is 6. The summed E-state index contributed by atoms with van der Waals surface area (Å²) >= 11 is 3.56. The Morgan fingerprint density at radius 3 is 2.88 bits per heavy atom. The van der Waals surface area contributed by atoms with E-state index in [-0.39, 0.29) is 17.6 Å². The summed E-state index contributed by atoms with van der Waals surface area (Å²) in [6, 6.07) is 5.33. The zero-order valence-corrected chi connectivity index (χ0v) is 15.0. The molecule has 1 N–H and O–H groups in total. The lowest BCUT2D eigenvalue weighted by Crippen LogP contribution is -2.38. The molecular formula is C17H18N4OS2. The molecule has 5 nitrogen and oxygen atoms in total. The van der Waals surface area contributed by atoms with Crippen molar-refractivity contribution in [3.8, 4) is 6.07 Å². The topological polar surface area (TPSA) is 78.7 Å². The lowest BCUT2D eigenvalue weighted by molar-refractivity contribution is 0.0928. The van der Waals surface area contributed by atoms with Gasteiger partial charge in [-0.25, -0.2) is 9.97 Å². The molecule has 0 unspecified atom stereocenters. The molecule has 2 aromatic rings. The van der Waals surface area contributed by atoms with Crippen LogP contribution in [-0.4, -0.2) is 27.2 Å². The van der Waals surface area contributed by atoms with Gasteiger partial charge in [-0.1, -0.05) is 11.8 Å². The molecule has 2 heterocycles. The minimum Gasteiger partial charge on any atom is -0.349 e. The third-order valence-electron chi connectivity index (χ3n) is 4.01. The van der Waals surface area contributed by atoms with Crippen molar-refractivity contribution in [3.05, 3.63) is 40.7 Å². The maximum Gasteiger partial charge on any atom is 0.251 e. The fraction of sp³-hybridized carbons (Fsp3) is 0.412. The zero-order chi connectivity index (χ0) is 16.9. The molecule has 0 spiro atoms. The van der Waals surface area contributed by atoms with E-state index < -0.39 is 0 Å². The van der Waals surface area contributed by atoms with Crippen LogP contribution in [0.1, 0.15) is 47.4 Å². The van der Waals surface area contributed by atoms with Crippen LogP contribution in [-0.2, 0) is 0 Å². The van der Waals surface area contributed by atoms with Crippen molar-refractivity contribution in [2.75, 3.05) is 0 Å². The first-order valence-electron chi connectivity index (χ1n) is 7.90. The molecule has 1 fully saturated rings. The van der Waals surface area contributed by atoms with E-state index in [2.05, 4.69) is 20.7 Å². The van der Waals surface area contributed by atoms with E-state index in [0.29, 0.717) is 10.8 Å². The molecule has 1 aliphatic carbocycles. The molecule has 7 heteroatoms. The van der Waals surface area contributed by atoms with Gasteiger partial charge in [-0.2, -0.15) is 5.26 Å². The maximum atomic E-state index is 12.3. The minimum atomic E-state index is -0.124. The van der Waals surface area contributed by atoms with Crippen LogP contribution in [0.5, 0.6) is 0 Å². The third-order valence-corrected chi connectivity index (χ3v) is 6.44. The van der Waals surface area contributed by atoms with Crippen LogP contribution < -0.4 is 5.32 Å². The summed E-state index contributed by atoms with van der Waals surface area (Å²) in [4.78, 5) is 20.7. The summed E-state index contributed by atoms with van der Waals surface area (Å²) in [5, 5.41) is 14.6. The molecular weight excluding hydrogens is 340 g/mol. The Morgan fingerprint density at radius 1 is 1.42 bits per heavy atom. The van der Waals surface area contributed by atoms with Crippen LogP contribution in [0.25, 0.3) is 0 Å². The van der Waals surface area contributed by atoms with Crippen molar-refractivity contribution in [1.82, 2.24) is 15.3 Å². The number of carbonyl (C=O) groups is 1. The van der Waals surface area contributed by atoms with Crippen LogP contribution in [0, 0.1) is 18.3 Å². The number of thiazole rings is 1. The number of thioether (sulfide) groups is 1. The summed E-state index contributed by atoms with van der Waals surface area (Å²) in [6.45, 7) is 2.02. The van der Waals surface area contributed by atoms with Gasteiger partial charge in [0.1, 0.15) is 16.1 Å². The molecule has 0 saturated heterocycles. The van der Waals surface area contributed by atoms with Gasteiger partial charge in [0.25, 0.3) is 5.91 Å². The van der Waals surface area contributed by atoms with Crippen molar-refractivity contribution < 1.29 is 4.79 Å². The first kappa shape index (κ1) is 16.9. The number of carbonyl (C=O) groups excluding carboxylic acids is 1. The number of pyridine rings is 1. The van der Waals surface area contributed by atoms with Crippen molar-refractivity contribution in [2.45, 2.75) is 48.2 Å². The second kappa shape index (κ2) is 7.77. The maximum absolute atomic E-state index is 12.3. The fourth-order valence-electron chi connectivity index (χ4n) is 2.76. The number of aryl methyl sites for hydroxylation is 1. The molecule has 0 radical (unpaired) electrons. The Morgan fingerprint density at radius 2 is 2.21 bits per heavy atom. The number of nitrogens with zero attached hydrogens (tertiary/aromatic N) is 3. The lowest BCUT2D eigenvalue weighted by atomic mass is 9.94. The van der Waals surface area contributed by atoms with E-state index in [0.717, 1.165) is 35.7 Å². The highest BCUT2D eigenvalue weighted by molar-refractivity contribution is 8.01. The highest BCUT2D eigenvalue weighted by Gasteiger charge is 2.24. The van der Waals surface area contributed by atoms with E-state index in [1.165, 1.54) is 12.3 Å². The number of nitrogens with one attached hydrogen (secondary N) is 1. The molecule has 24 heavy (non-hydrogen) atoms. The minimum absolute atomic E-state index is 0.124. The molecule has 1 aliphatic rings. The second-order valence-electron chi connectivity index (χ2n) is 5.86. The Kier molecular flexibility index (Phi) is 5.48. The van der Waals surface area contributed by atoms with E-state index in [4.69, 9.17) is 5.26 Å². The van der Waals surface area contributed by atoms with Crippen LogP contribution >= 0.6 is 23.1 Å². The highest BCUT2D eigenvalue weighted by atomic mass is 32.2. The molecule has 0 bridgehead atoms. The molecule has 1 saturated carbocycles. The predicted molar refractivity (Wildman–Crippen MR) is 95.2 cm³/mol. The van der Waals surface area contributed by atoms with Gasteiger partial charge in [0.2, 0.25) is 0 Å². The van der Waals surface area contributed by atoms with Crippen LogP contribution in [0.4, 0.5) is 0 Å². The Hall–Kier alpha value is -1.91. The van der Waals surface area contributed by atoms with E-state index in [9.17, 15) is 4.79 Å². The largest absolute Gasteiger partial charge is 0.349 e. The molecule has 1 amide bonds. The van der Waals surface area contributed by atoms with E-state index in [1.807, 2.05) is 24.8 Å². The van der Waals surface area contributed by atoms with Crippen LogP contribution in [0.3, 0.4) is 0 Å². The quantitative estimate of drug-likeness (QED) is 0.904. The fourth-order valence-corrected chi connectivity index (χ4v) is 5.04. The van der Waals surface area contributed by atoms with Gasteiger partial charge >= 0.3 is 0 Å². The normalized spacial score (nSPS) is 20.3. The van der Waals surface area contributed by atoms with Crippen LogP contribution in [0.15, 0.2) is 28.0 Å². The van der Waals surface area contributed by atoms with Gasteiger partial charge in [-0.05, 0) is 44.7 Å². The second-order valence-corrected chi connectivity index (χ2v) is 8.27.